The summed E-state index contributed by atoms with van der Waals surface area (Å²) in [6, 6.07) is 0. The van der Waals surface area contributed by atoms with Gasteiger partial charge in [0, 0.05) is 19.9 Å². The molecule has 1 aliphatic rings. The standard InChI is InChI=1S/C11H17ClN2O3/c1-7-11(12)9(14(2)13-7)5-8(15)6-10-16-3-4-17-10/h8,10,15H,3-6H2,1-2H3. The quantitative estimate of drug-likeness (QED) is 0.879. The Bertz CT molecular complexity index is 388. The highest BCUT2D eigenvalue weighted by molar-refractivity contribution is 6.31. The number of aryl methyl sites for hydroxylation is 2. The summed E-state index contributed by atoms with van der Waals surface area (Å²) in [5.41, 5.74) is 1.62. The number of halogens is 1. The summed E-state index contributed by atoms with van der Waals surface area (Å²) in [5, 5.41) is 14.8. The molecule has 1 aromatic rings. The molecule has 1 saturated heterocycles. The number of aliphatic hydroxyl groups excluding tert-OH is 1. The van der Waals surface area contributed by atoms with Crippen LogP contribution in [0.2, 0.25) is 5.02 Å². The van der Waals surface area contributed by atoms with E-state index in [9.17, 15) is 5.11 Å². The Hall–Kier alpha value is -0.620. The molecule has 17 heavy (non-hydrogen) atoms. The minimum absolute atomic E-state index is 0.293. The van der Waals surface area contributed by atoms with Crippen LogP contribution in [0.25, 0.3) is 0 Å². The van der Waals surface area contributed by atoms with Crippen LogP contribution in [0.4, 0.5) is 0 Å². The molecule has 2 heterocycles. The Balaban J connectivity index is 1.95. The number of aromatic nitrogens is 2. The van der Waals surface area contributed by atoms with Gasteiger partial charge in [0.25, 0.3) is 0 Å². The molecule has 1 N–H and O–H groups in total. The Morgan fingerprint density at radius 1 is 1.53 bits per heavy atom. The SMILES string of the molecule is Cc1nn(C)c(CC(O)CC2OCCO2)c1Cl. The van der Waals surface area contributed by atoms with E-state index in [0.717, 1.165) is 11.4 Å². The van der Waals surface area contributed by atoms with E-state index in [2.05, 4.69) is 5.10 Å². The maximum atomic E-state index is 9.96. The number of nitrogens with zero attached hydrogens (tertiary/aromatic N) is 2. The van der Waals surface area contributed by atoms with Gasteiger partial charge in [-0.3, -0.25) is 4.68 Å². The summed E-state index contributed by atoms with van der Waals surface area (Å²) in [6.07, 6.45) is 0.0865. The molecule has 0 radical (unpaired) electrons. The Morgan fingerprint density at radius 2 is 2.18 bits per heavy atom. The van der Waals surface area contributed by atoms with Crippen LogP contribution in [0.1, 0.15) is 17.8 Å². The van der Waals surface area contributed by atoms with E-state index in [1.807, 2.05) is 14.0 Å². The van der Waals surface area contributed by atoms with Crippen molar-refractivity contribution in [2.45, 2.75) is 32.2 Å². The highest BCUT2D eigenvalue weighted by atomic mass is 35.5. The molecule has 0 saturated carbocycles. The van der Waals surface area contributed by atoms with Gasteiger partial charge < -0.3 is 14.6 Å². The number of aliphatic hydroxyl groups is 1. The van der Waals surface area contributed by atoms with Crippen molar-refractivity contribution in [2.24, 2.45) is 7.05 Å². The highest BCUT2D eigenvalue weighted by Gasteiger charge is 2.22. The molecule has 0 bridgehead atoms. The van der Waals surface area contributed by atoms with Gasteiger partial charge in [0.05, 0.1) is 35.7 Å². The molecule has 5 nitrogen and oxygen atoms in total. The average Bonchev–Trinajstić information content (AvgIpc) is 2.83. The van der Waals surface area contributed by atoms with Crippen molar-refractivity contribution in [3.63, 3.8) is 0 Å². The minimum atomic E-state index is -0.537. The maximum absolute atomic E-state index is 9.96. The van der Waals surface area contributed by atoms with Gasteiger partial charge in [-0.15, -0.1) is 0 Å². The van der Waals surface area contributed by atoms with E-state index in [-0.39, 0.29) is 6.29 Å². The number of hydrogen-bond acceptors (Lipinski definition) is 4. The van der Waals surface area contributed by atoms with E-state index in [1.54, 1.807) is 4.68 Å². The maximum Gasteiger partial charge on any atom is 0.160 e. The van der Waals surface area contributed by atoms with Crippen LogP contribution in [-0.2, 0) is 22.9 Å². The molecule has 2 rings (SSSR count). The van der Waals surface area contributed by atoms with E-state index in [1.165, 1.54) is 0 Å². The van der Waals surface area contributed by atoms with Crippen LogP contribution in [-0.4, -0.2) is 40.5 Å². The van der Waals surface area contributed by atoms with Crippen molar-refractivity contribution in [3.05, 3.63) is 16.4 Å². The first kappa shape index (κ1) is 12.8. The lowest BCUT2D eigenvalue weighted by atomic mass is 10.1. The second-order valence-electron chi connectivity index (χ2n) is 4.23. The summed E-state index contributed by atoms with van der Waals surface area (Å²) >= 11 is 6.12. The molecular formula is C11H17ClN2O3. The van der Waals surface area contributed by atoms with Crippen LogP contribution in [0.3, 0.4) is 0 Å². The molecule has 1 aliphatic heterocycles. The summed E-state index contributed by atoms with van der Waals surface area (Å²) in [4.78, 5) is 0. The molecule has 0 aliphatic carbocycles. The minimum Gasteiger partial charge on any atom is -0.393 e. The number of hydrogen-bond donors (Lipinski definition) is 1. The lowest BCUT2D eigenvalue weighted by molar-refractivity contribution is -0.0700. The van der Waals surface area contributed by atoms with Gasteiger partial charge in [0.1, 0.15) is 0 Å². The third-order valence-corrected chi connectivity index (χ3v) is 3.34. The fraction of sp³-hybridized carbons (Fsp3) is 0.727. The normalized spacial score (nSPS) is 18.8. The highest BCUT2D eigenvalue weighted by Crippen LogP contribution is 2.22. The molecule has 96 valence electrons. The molecule has 1 fully saturated rings. The lowest BCUT2D eigenvalue weighted by Gasteiger charge is -2.15. The van der Waals surface area contributed by atoms with Gasteiger partial charge in [0.2, 0.25) is 0 Å². The Labute approximate surface area is 105 Å². The topological polar surface area (TPSA) is 56.5 Å². The third-order valence-electron chi connectivity index (χ3n) is 2.85. The second kappa shape index (κ2) is 5.35. The van der Waals surface area contributed by atoms with Crippen molar-refractivity contribution in [2.75, 3.05) is 13.2 Å². The van der Waals surface area contributed by atoms with Gasteiger partial charge in [-0.25, -0.2) is 0 Å². The van der Waals surface area contributed by atoms with Gasteiger partial charge in [-0.05, 0) is 6.92 Å². The van der Waals surface area contributed by atoms with Crippen LogP contribution < -0.4 is 0 Å². The van der Waals surface area contributed by atoms with E-state index < -0.39 is 6.10 Å². The summed E-state index contributed by atoms with van der Waals surface area (Å²) in [7, 11) is 1.82. The average molecular weight is 261 g/mol. The van der Waals surface area contributed by atoms with Crippen LogP contribution in [0.15, 0.2) is 0 Å². The van der Waals surface area contributed by atoms with Gasteiger partial charge in [-0.2, -0.15) is 5.10 Å². The van der Waals surface area contributed by atoms with Gasteiger partial charge >= 0.3 is 0 Å². The van der Waals surface area contributed by atoms with Crippen molar-refractivity contribution >= 4 is 11.6 Å². The molecule has 0 amide bonds. The fourth-order valence-electron chi connectivity index (χ4n) is 1.97. The zero-order chi connectivity index (χ0) is 12.4. The van der Waals surface area contributed by atoms with E-state index in [4.69, 9.17) is 21.1 Å². The van der Waals surface area contributed by atoms with Crippen LogP contribution >= 0.6 is 11.6 Å². The van der Waals surface area contributed by atoms with Gasteiger partial charge in [-0.1, -0.05) is 11.6 Å². The molecule has 0 spiro atoms. The zero-order valence-electron chi connectivity index (χ0n) is 10.0. The van der Waals surface area contributed by atoms with E-state index in [0.29, 0.717) is 31.1 Å². The Morgan fingerprint density at radius 3 is 2.71 bits per heavy atom. The lowest BCUT2D eigenvalue weighted by Crippen LogP contribution is -2.21. The summed E-state index contributed by atoms with van der Waals surface area (Å²) in [5.74, 6) is 0. The fourth-order valence-corrected chi connectivity index (χ4v) is 2.21. The van der Waals surface area contributed by atoms with Crippen molar-refractivity contribution in [3.8, 4) is 0 Å². The predicted octanol–water partition coefficient (Wildman–Crippen LogP) is 1.05. The monoisotopic (exact) mass is 260 g/mol. The van der Waals surface area contributed by atoms with Crippen LogP contribution in [0.5, 0.6) is 0 Å². The van der Waals surface area contributed by atoms with Crippen molar-refractivity contribution in [1.82, 2.24) is 9.78 Å². The van der Waals surface area contributed by atoms with E-state index >= 15 is 0 Å². The molecule has 1 unspecified atom stereocenters. The molecule has 1 aromatic heterocycles. The first-order valence-electron chi connectivity index (χ1n) is 5.67. The van der Waals surface area contributed by atoms with Crippen molar-refractivity contribution < 1.29 is 14.6 Å². The summed E-state index contributed by atoms with van der Waals surface area (Å²) in [6.45, 7) is 3.05. The zero-order valence-corrected chi connectivity index (χ0v) is 10.8. The Kier molecular flexibility index (Phi) is 4.04. The number of rotatable bonds is 4. The summed E-state index contributed by atoms with van der Waals surface area (Å²) < 4.78 is 12.3. The van der Waals surface area contributed by atoms with Crippen LogP contribution in [0, 0.1) is 6.92 Å². The molecule has 1 atom stereocenters. The third kappa shape index (κ3) is 2.98. The molecule has 0 aromatic carbocycles. The van der Waals surface area contributed by atoms with Crippen molar-refractivity contribution in [1.29, 1.82) is 0 Å². The number of ether oxygens (including phenoxy) is 2. The second-order valence-corrected chi connectivity index (χ2v) is 4.61. The first-order chi connectivity index (χ1) is 8.08. The molecular weight excluding hydrogens is 244 g/mol. The smallest absolute Gasteiger partial charge is 0.160 e. The van der Waals surface area contributed by atoms with Gasteiger partial charge in [0.15, 0.2) is 6.29 Å². The predicted molar refractivity (Wildman–Crippen MR) is 63.0 cm³/mol. The first-order valence-corrected chi connectivity index (χ1v) is 6.05. The largest absolute Gasteiger partial charge is 0.393 e. The molecule has 6 heteroatoms.